The molecule has 0 saturated carbocycles. The number of phenols is 1. The van der Waals surface area contributed by atoms with Crippen molar-refractivity contribution in [2.45, 2.75) is 0 Å². The Bertz CT molecular complexity index is 469. The molecule has 16 heavy (non-hydrogen) atoms. The normalized spacial score (nSPS) is 9.75. The summed E-state index contributed by atoms with van der Waals surface area (Å²) in [5, 5.41) is 9.12. The zero-order chi connectivity index (χ0) is 11.4. The van der Waals surface area contributed by atoms with Gasteiger partial charge in [-0.1, -0.05) is 24.8 Å². The highest BCUT2D eigenvalue weighted by Crippen LogP contribution is 2.23. The first-order valence-corrected chi connectivity index (χ1v) is 4.97. The van der Waals surface area contributed by atoms with Crippen molar-refractivity contribution in [3.8, 4) is 17.2 Å². The van der Waals surface area contributed by atoms with Gasteiger partial charge in [-0.05, 0) is 42.0 Å². The average Bonchev–Trinajstić information content (AvgIpc) is 2.33. The van der Waals surface area contributed by atoms with Crippen LogP contribution in [0.3, 0.4) is 0 Å². The van der Waals surface area contributed by atoms with Crippen molar-refractivity contribution in [2.24, 2.45) is 0 Å². The molecule has 0 amide bonds. The lowest BCUT2D eigenvalue weighted by molar-refractivity contribution is 0.464. The molecule has 0 bridgehead atoms. The number of benzene rings is 2. The van der Waals surface area contributed by atoms with E-state index in [4.69, 9.17) is 9.84 Å². The summed E-state index contributed by atoms with van der Waals surface area (Å²) in [6.45, 7) is 3.69. The molecular formula is C14H12O2. The predicted octanol–water partition coefficient (Wildman–Crippen LogP) is 3.83. The first-order chi connectivity index (χ1) is 7.78. The molecule has 0 atom stereocenters. The molecule has 2 aromatic rings. The fraction of sp³-hybridized carbons (Fsp3) is 0. The van der Waals surface area contributed by atoms with Gasteiger partial charge in [-0.3, -0.25) is 0 Å². The van der Waals surface area contributed by atoms with Crippen LogP contribution in [0.25, 0.3) is 6.08 Å². The van der Waals surface area contributed by atoms with Gasteiger partial charge in [0.05, 0.1) is 0 Å². The molecule has 0 radical (unpaired) electrons. The lowest BCUT2D eigenvalue weighted by atomic mass is 10.2. The van der Waals surface area contributed by atoms with Crippen molar-refractivity contribution in [3.05, 3.63) is 60.7 Å². The second-order valence-electron chi connectivity index (χ2n) is 3.37. The van der Waals surface area contributed by atoms with E-state index in [1.54, 1.807) is 30.3 Å². The number of hydrogen-bond donors (Lipinski definition) is 1. The third kappa shape index (κ3) is 2.42. The molecule has 0 heterocycles. The van der Waals surface area contributed by atoms with Crippen molar-refractivity contribution in [1.82, 2.24) is 0 Å². The number of hydrogen-bond acceptors (Lipinski definition) is 2. The van der Waals surface area contributed by atoms with Gasteiger partial charge in [0.15, 0.2) is 0 Å². The van der Waals surface area contributed by atoms with Gasteiger partial charge in [-0.15, -0.1) is 0 Å². The molecule has 0 saturated heterocycles. The Balaban J connectivity index is 2.14. The summed E-state index contributed by atoms with van der Waals surface area (Å²) in [5.74, 6) is 1.69. The Morgan fingerprint density at radius 3 is 1.88 bits per heavy atom. The van der Waals surface area contributed by atoms with E-state index in [9.17, 15) is 0 Å². The maximum atomic E-state index is 9.12. The van der Waals surface area contributed by atoms with Crippen LogP contribution < -0.4 is 4.74 Å². The summed E-state index contributed by atoms with van der Waals surface area (Å²) in [6, 6.07) is 14.2. The predicted molar refractivity (Wildman–Crippen MR) is 64.7 cm³/mol. The van der Waals surface area contributed by atoms with Gasteiger partial charge in [0.2, 0.25) is 0 Å². The van der Waals surface area contributed by atoms with Crippen LogP contribution in [-0.2, 0) is 0 Å². The molecule has 0 spiro atoms. The topological polar surface area (TPSA) is 29.5 Å². The van der Waals surface area contributed by atoms with Crippen LogP contribution in [0.5, 0.6) is 17.2 Å². The van der Waals surface area contributed by atoms with E-state index in [0.717, 1.165) is 11.3 Å². The minimum absolute atomic E-state index is 0.231. The van der Waals surface area contributed by atoms with Crippen LogP contribution in [0.4, 0.5) is 0 Å². The van der Waals surface area contributed by atoms with Crippen LogP contribution in [0.2, 0.25) is 0 Å². The monoisotopic (exact) mass is 212 g/mol. The molecule has 1 N–H and O–H groups in total. The zero-order valence-corrected chi connectivity index (χ0v) is 8.76. The van der Waals surface area contributed by atoms with Gasteiger partial charge in [0, 0.05) is 0 Å². The lowest BCUT2D eigenvalue weighted by Crippen LogP contribution is -1.83. The number of aromatic hydroxyl groups is 1. The average molecular weight is 212 g/mol. The van der Waals surface area contributed by atoms with Crippen molar-refractivity contribution in [2.75, 3.05) is 0 Å². The summed E-state index contributed by atoms with van der Waals surface area (Å²) >= 11 is 0. The van der Waals surface area contributed by atoms with Crippen LogP contribution in [-0.4, -0.2) is 5.11 Å². The van der Waals surface area contributed by atoms with Gasteiger partial charge in [-0.2, -0.15) is 0 Å². The van der Waals surface area contributed by atoms with Gasteiger partial charge in [-0.25, -0.2) is 0 Å². The fourth-order valence-corrected chi connectivity index (χ4v) is 1.32. The molecule has 2 nitrogen and oxygen atoms in total. The van der Waals surface area contributed by atoms with E-state index >= 15 is 0 Å². The zero-order valence-electron chi connectivity index (χ0n) is 8.76. The van der Waals surface area contributed by atoms with E-state index in [1.807, 2.05) is 24.3 Å². The molecule has 0 fully saturated rings. The molecule has 2 heteroatoms. The molecule has 0 aliphatic heterocycles. The molecule has 80 valence electrons. The second kappa shape index (κ2) is 4.53. The Morgan fingerprint density at radius 1 is 0.875 bits per heavy atom. The maximum Gasteiger partial charge on any atom is 0.127 e. The Labute approximate surface area is 94.4 Å². The van der Waals surface area contributed by atoms with Crippen molar-refractivity contribution in [3.63, 3.8) is 0 Å². The van der Waals surface area contributed by atoms with Crippen LogP contribution in [0.1, 0.15) is 5.56 Å². The smallest absolute Gasteiger partial charge is 0.127 e. The highest BCUT2D eigenvalue weighted by atomic mass is 16.5. The van der Waals surface area contributed by atoms with Crippen LogP contribution in [0, 0.1) is 0 Å². The molecule has 0 unspecified atom stereocenters. The lowest BCUT2D eigenvalue weighted by Gasteiger charge is -2.05. The molecule has 2 rings (SSSR count). The SMILES string of the molecule is C=Cc1ccc(Oc2ccc(O)cc2)cc1. The highest BCUT2D eigenvalue weighted by molar-refractivity contribution is 5.48. The summed E-state index contributed by atoms with van der Waals surface area (Å²) in [5.41, 5.74) is 1.05. The molecule has 2 aromatic carbocycles. The first kappa shape index (κ1) is 10.3. The highest BCUT2D eigenvalue weighted by Gasteiger charge is 1.96. The standard InChI is InChI=1S/C14H12O2/c1-2-11-3-7-13(8-4-11)16-14-9-5-12(15)6-10-14/h2-10,15H,1H2. The summed E-state index contributed by atoms with van der Waals surface area (Å²) < 4.78 is 5.59. The van der Waals surface area contributed by atoms with Crippen molar-refractivity contribution < 1.29 is 9.84 Å². The van der Waals surface area contributed by atoms with Crippen LogP contribution >= 0.6 is 0 Å². The summed E-state index contributed by atoms with van der Waals surface area (Å²) in [6.07, 6.45) is 1.78. The van der Waals surface area contributed by atoms with E-state index < -0.39 is 0 Å². The third-order valence-corrected chi connectivity index (χ3v) is 2.19. The van der Waals surface area contributed by atoms with E-state index in [-0.39, 0.29) is 5.75 Å². The minimum atomic E-state index is 0.231. The molecule has 0 aliphatic carbocycles. The molecule has 0 aromatic heterocycles. The van der Waals surface area contributed by atoms with Crippen molar-refractivity contribution >= 4 is 6.08 Å². The quantitative estimate of drug-likeness (QED) is 0.837. The maximum absolute atomic E-state index is 9.12. The van der Waals surface area contributed by atoms with Gasteiger partial charge in [0.25, 0.3) is 0 Å². The van der Waals surface area contributed by atoms with Crippen LogP contribution in [0.15, 0.2) is 55.1 Å². The molecule has 0 aliphatic rings. The van der Waals surface area contributed by atoms with Gasteiger partial charge >= 0.3 is 0 Å². The summed E-state index contributed by atoms with van der Waals surface area (Å²) in [7, 11) is 0. The Kier molecular flexibility index (Phi) is 2.92. The molecular weight excluding hydrogens is 200 g/mol. The third-order valence-electron chi connectivity index (χ3n) is 2.19. The van der Waals surface area contributed by atoms with Gasteiger partial charge in [0.1, 0.15) is 17.2 Å². The summed E-state index contributed by atoms with van der Waals surface area (Å²) in [4.78, 5) is 0. The minimum Gasteiger partial charge on any atom is -0.508 e. The fourth-order valence-electron chi connectivity index (χ4n) is 1.32. The number of rotatable bonds is 3. The first-order valence-electron chi connectivity index (χ1n) is 4.97. The number of phenolic OH excluding ortho intramolecular Hbond substituents is 1. The Hall–Kier alpha value is -2.22. The van der Waals surface area contributed by atoms with E-state index in [1.165, 1.54) is 0 Å². The second-order valence-corrected chi connectivity index (χ2v) is 3.37. The van der Waals surface area contributed by atoms with Crippen molar-refractivity contribution in [1.29, 1.82) is 0 Å². The largest absolute Gasteiger partial charge is 0.508 e. The van der Waals surface area contributed by atoms with E-state index in [2.05, 4.69) is 6.58 Å². The number of ether oxygens (including phenoxy) is 1. The Morgan fingerprint density at radius 2 is 1.38 bits per heavy atom. The van der Waals surface area contributed by atoms with E-state index in [0.29, 0.717) is 5.75 Å². The van der Waals surface area contributed by atoms with Gasteiger partial charge < -0.3 is 9.84 Å².